The number of aryl methyl sites for hydroxylation is 1. The van der Waals surface area contributed by atoms with E-state index in [4.69, 9.17) is 4.74 Å². The van der Waals surface area contributed by atoms with Gasteiger partial charge in [-0.1, -0.05) is 43.7 Å². The van der Waals surface area contributed by atoms with E-state index in [0.29, 0.717) is 25.3 Å². The molecule has 1 N–H and O–H groups in total. The summed E-state index contributed by atoms with van der Waals surface area (Å²) in [5, 5.41) is 2.92. The fraction of sp³-hybridized carbons (Fsp3) is 0.391. The summed E-state index contributed by atoms with van der Waals surface area (Å²) in [6.07, 6.45) is 1.39. The molecule has 0 radical (unpaired) electrons. The average molecular weight is 508 g/mol. The van der Waals surface area contributed by atoms with Crippen molar-refractivity contribution in [3.63, 3.8) is 0 Å². The molecule has 156 valence electrons. The van der Waals surface area contributed by atoms with Gasteiger partial charge in [0.05, 0.1) is 0 Å². The van der Waals surface area contributed by atoms with E-state index in [2.05, 4.69) is 27.9 Å². The van der Waals surface area contributed by atoms with Gasteiger partial charge in [-0.05, 0) is 72.2 Å². The summed E-state index contributed by atoms with van der Waals surface area (Å²) >= 11 is 2.22. The van der Waals surface area contributed by atoms with Crippen LogP contribution in [0.2, 0.25) is 0 Å². The van der Waals surface area contributed by atoms with E-state index in [0.717, 1.165) is 21.1 Å². The van der Waals surface area contributed by atoms with Crippen LogP contribution >= 0.6 is 22.6 Å². The number of halogens is 1. The molecule has 0 fully saturated rings. The van der Waals surface area contributed by atoms with Gasteiger partial charge in [-0.15, -0.1) is 0 Å². The summed E-state index contributed by atoms with van der Waals surface area (Å²) in [5.41, 5.74) is 2.11. The first kappa shape index (κ1) is 23.2. The number of carbonyl (C=O) groups excluding carboxylic acids is 2. The zero-order valence-electron chi connectivity index (χ0n) is 17.3. The molecular weight excluding hydrogens is 479 g/mol. The molecule has 2 rings (SSSR count). The molecule has 0 aliphatic carbocycles. The van der Waals surface area contributed by atoms with E-state index in [1.165, 1.54) is 0 Å². The van der Waals surface area contributed by atoms with Gasteiger partial charge in [-0.25, -0.2) is 0 Å². The normalized spacial score (nSPS) is 11.6. The first-order valence-corrected chi connectivity index (χ1v) is 11.0. The molecule has 2 amide bonds. The zero-order chi connectivity index (χ0) is 21.2. The van der Waals surface area contributed by atoms with Crippen molar-refractivity contribution in [1.29, 1.82) is 0 Å². The van der Waals surface area contributed by atoms with Crippen molar-refractivity contribution < 1.29 is 14.3 Å². The van der Waals surface area contributed by atoms with Crippen molar-refractivity contribution in [3.8, 4) is 5.75 Å². The maximum Gasteiger partial charge on any atom is 0.261 e. The van der Waals surface area contributed by atoms with Crippen LogP contribution in [0.5, 0.6) is 5.75 Å². The number of rotatable bonds is 10. The second-order valence-corrected chi connectivity index (χ2v) is 8.21. The molecule has 0 aromatic heterocycles. The zero-order valence-corrected chi connectivity index (χ0v) is 19.4. The Labute approximate surface area is 187 Å². The van der Waals surface area contributed by atoms with E-state index in [1.807, 2.05) is 69.3 Å². The number of ether oxygens (including phenoxy) is 1. The van der Waals surface area contributed by atoms with E-state index < -0.39 is 6.04 Å². The van der Waals surface area contributed by atoms with Crippen LogP contribution < -0.4 is 10.1 Å². The Hall–Kier alpha value is -2.09. The number of carbonyl (C=O) groups is 2. The van der Waals surface area contributed by atoms with Gasteiger partial charge in [0.15, 0.2) is 6.61 Å². The van der Waals surface area contributed by atoms with Crippen LogP contribution in [0.15, 0.2) is 48.5 Å². The van der Waals surface area contributed by atoms with Crippen LogP contribution in [0, 0.1) is 10.5 Å². The summed E-state index contributed by atoms with van der Waals surface area (Å²) in [4.78, 5) is 27.4. The van der Waals surface area contributed by atoms with Crippen LogP contribution in [-0.2, 0) is 16.1 Å². The number of nitrogens with zero attached hydrogens (tertiary/aromatic N) is 1. The molecule has 0 aliphatic heterocycles. The van der Waals surface area contributed by atoms with Crippen molar-refractivity contribution in [2.75, 3.05) is 13.2 Å². The molecule has 29 heavy (non-hydrogen) atoms. The molecule has 0 spiro atoms. The van der Waals surface area contributed by atoms with Crippen molar-refractivity contribution >= 4 is 34.4 Å². The molecular formula is C23H29IN2O3. The Bertz CT molecular complexity index is 808. The van der Waals surface area contributed by atoms with E-state index >= 15 is 0 Å². The maximum absolute atomic E-state index is 13.1. The topological polar surface area (TPSA) is 58.6 Å². The molecule has 0 unspecified atom stereocenters. The molecule has 0 heterocycles. The molecule has 1 atom stereocenters. The molecule has 0 bridgehead atoms. The third-order valence-electron chi connectivity index (χ3n) is 4.55. The number of benzene rings is 2. The third-order valence-corrected chi connectivity index (χ3v) is 5.27. The Morgan fingerprint density at radius 3 is 2.48 bits per heavy atom. The van der Waals surface area contributed by atoms with Gasteiger partial charge >= 0.3 is 0 Å². The number of nitrogens with one attached hydrogen (secondary N) is 1. The lowest BCUT2D eigenvalue weighted by Gasteiger charge is -2.30. The van der Waals surface area contributed by atoms with Gasteiger partial charge in [-0.3, -0.25) is 9.59 Å². The van der Waals surface area contributed by atoms with Crippen LogP contribution in [0.25, 0.3) is 0 Å². The average Bonchev–Trinajstić information content (AvgIpc) is 2.71. The predicted molar refractivity (Wildman–Crippen MR) is 124 cm³/mol. The van der Waals surface area contributed by atoms with Gasteiger partial charge < -0.3 is 15.0 Å². The van der Waals surface area contributed by atoms with Crippen LogP contribution in [0.3, 0.4) is 0 Å². The minimum Gasteiger partial charge on any atom is -0.484 e. The van der Waals surface area contributed by atoms with Crippen LogP contribution in [0.1, 0.15) is 37.8 Å². The fourth-order valence-corrected chi connectivity index (χ4v) is 3.41. The first-order valence-electron chi connectivity index (χ1n) is 9.95. The Morgan fingerprint density at radius 2 is 1.86 bits per heavy atom. The highest BCUT2D eigenvalue weighted by molar-refractivity contribution is 14.1. The number of amides is 2. The largest absolute Gasteiger partial charge is 0.484 e. The highest BCUT2D eigenvalue weighted by Crippen LogP contribution is 2.16. The Kier molecular flexibility index (Phi) is 9.44. The molecule has 0 aliphatic rings. The summed E-state index contributed by atoms with van der Waals surface area (Å²) in [7, 11) is 0. The molecule has 5 nitrogen and oxygen atoms in total. The SMILES string of the molecule is CCCNC(=O)[C@H](CC)N(Cc1cccc(C)c1)C(=O)COc1ccc(I)cc1. The predicted octanol–water partition coefficient (Wildman–Crippen LogP) is 4.31. The van der Waals surface area contributed by atoms with E-state index in [1.54, 1.807) is 4.90 Å². The van der Waals surface area contributed by atoms with Gasteiger partial charge in [0.1, 0.15) is 11.8 Å². The third kappa shape index (κ3) is 7.34. The first-order chi connectivity index (χ1) is 13.9. The molecule has 0 saturated heterocycles. The quantitative estimate of drug-likeness (QED) is 0.487. The minimum absolute atomic E-state index is 0.107. The second kappa shape index (κ2) is 11.8. The highest BCUT2D eigenvalue weighted by Gasteiger charge is 2.28. The lowest BCUT2D eigenvalue weighted by molar-refractivity contribution is -0.143. The summed E-state index contributed by atoms with van der Waals surface area (Å²) in [6, 6.07) is 15.0. The summed E-state index contributed by atoms with van der Waals surface area (Å²) in [6.45, 7) is 6.80. The van der Waals surface area contributed by atoms with Crippen LogP contribution in [0.4, 0.5) is 0 Å². The minimum atomic E-state index is -0.533. The van der Waals surface area contributed by atoms with Gasteiger partial charge in [0.2, 0.25) is 5.91 Å². The molecule has 2 aromatic carbocycles. The smallest absolute Gasteiger partial charge is 0.261 e. The van der Waals surface area contributed by atoms with Crippen molar-refractivity contribution in [2.45, 2.75) is 46.2 Å². The molecule has 0 saturated carbocycles. The summed E-state index contributed by atoms with van der Waals surface area (Å²) < 4.78 is 6.79. The van der Waals surface area contributed by atoms with E-state index in [-0.39, 0.29) is 18.4 Å². The second-order valence-electron chi connectivity index (χ2n) is 6.97. The van der Waals surface area contributed by atoms with Gasteiger partial charge in [0.25, 0.3) is 5.91 Å². The fourth-order valence-electron chi connectivity index (χ4n) is 3.05. The maximum atomic E-state index is 13.1. The lowest BCUT2D eigenvalue weighted by atomic mass is 10.1. The van der Waals surface area contributed by atoms with Crippen LogP contribution in [-0.4, -0.2) is 35.9 Å². The van der Waals surface area contributed by atoms with Crippen molar-refractivity contribution in [3.05, 3.63) is 63.2 Å². The number of hydrogen-bond acceptors (Lipinski definition) is 3. The molecule has 2 aromatic rings. The van der Waals surface area contributed by atoms with Crippen molar-refractivity contribution in [2.24, 2.45) is 0 Å². The van der Waals surface area contributed by atoms with Gasteiger partial charge in [-0.2, -0.15) is 0 Å². The standard InChI is InChI=1S/C23H29IN2O3/c1-4-13-25-23(28)21(5-2)26(15-18-8-6-7-17(3)14-18)22(27)16-29-20-11-9-19(24)10-12-20/h6-12,14,21H,4-5,13,15-16H2,1-3H3,(H,25,28)/t21-/m0/s1. The van der Waals surface area contributed by atoms with Gasteiger partial charge in [0, 0.05) is 16.7 Å². The Morgan fingerprint density at radius 1 is 1.14 bits per heavy atom. The van der Waals surface area contributed by atoms with Crippen molar-refractivity contribution in [1.82, 2.24) is 10.2 Å². The number of hydrogen-bond donors (Lipinski definition) is 1. The van der Waals surface area contributed by atoms with E-state index in [9.17, 15) is 9.59 Å². The molecule has 6 heteroatoms. The Balaban J connectivity index is 2.17. The summed E-state index contributed by atoms with van der Waals surface area (Å²) in [5.74, 6) is 0.311. The lowest BCUT2D eigenvalue weighted by Crippen LogP contribution is -2.50. The highest BCUT2D eigenvalue weighted by atomic mass is 127. The monoisotopic (exact) mass is 508 g/mol.